The van der Waals surface area contributed by atoms with Crippen molar-refractivity contribution in [3.05, 3.63) is 52.5 Å². The number of thiophene rings is 1. The van der Waals surface area contributed by atoms with E-state index in [1.807, 2.05) is 36.7 Å². The van der Waals surface area contributed by atoms with E-state index in [1.54, 1.807) is 0 Å². The Kier molecular flexibility index (Phi) is 4.08. The van der Waals surface area contributed by atoms with Gasteiger partial charge < -0.3 is 5.32 Å². The van der Waals surface area contributed by atoms with Gasteiger partial charge in [0.15, 0.2) is 0 Å². The third-order valence-corrected chi connectivity index (χ3v) is 3.52. The second-order valence-electron chi connectivity index (χ2n) is 3.79. The third kappa shape index (κ3) is 3.15. The molecule has 2 aromatic rings. The van der Waals surface area contributed by atoms with Crippen LogP contribution in [0.4, 0.5) is 0 Å². The molecular formula is C13H16N2S. The van der Waals surface area contributed by atoms with E-state index in [4.69, 9.17) is 0 Å². The number of hydrogen-bond acceptors (Lipinski definition) is 3. The molecule has 84 valence electrons. The Morgan fingerprint density at radius 1 is 1.25 bits per heavy atom. The second-order valence-corrected chi connectivity index (χ2v) is 4.83. The van der Waals surface area contributed by atoms with Gasteiger partial charge in [0.2, 0.25) is 0 Å². The summed E-state index contributed by atoms with van der Waals surface area (Å²) in [7, 11) is 2.02. The van der Waals surface area contributed by atoms with Crippen molar-refractivity contribution in [2.24, 2.45) is 0 Å². The Balaban J connectivity index is 1.96. The van der Waals surface area contributed by atoms with Gasteiger partial charge >= 0.3 is 0 Å². The van der Waals surface area contributed by atoms with Gasteiger partial charge in [0.05, 0.1) is 0 Å². The van der Waals surface area contributed by atoms with E-state index in [2.05, 4.69) is 33.9 Å². The summed E-state index contributed by atoms with van der Waals surface area (Å²) in [5.74, 6) is 0. The molecule has 0 radical (unpaired) electrons. The number of pyridine rings is 1. The molecule has 0 aliphatic heterocycles. The molecule has 1 N–H and O–H groups in total. The lowest BCUT2D eigenvalue weighted by molar-refractivity contribution is 0.554. The average Bonchev–Trinajstić information content (AvgIpc) is 2.82. The van der Waals surface area contributed by atoms with E-state index in [1.165, 1.54) is 4.88 Å². The van der Waals surface area contributed by atoms with Crippen molar-refractivity contribution in [3.8, 4) is 0 Å². The summed E-state index contributed by atoms with van der Waals surface area (Å²) in [6.45, 7) is 0. The highest BCUT2D eigenvalue weighted by Gasteiger charge is 2.09. The summed E-state index contributed by atoms with van der Waals surface area (Å²) in [5.41, 5.74) is 1.15. The van der Waals surface area contributed by atoms with Crippen molar-refractivity contribution < 1.29 is 0 Å². The first-order valence-corrected chi connectivity index (χ1v) is 6.36. The van der Waals surface area contributed by atoms with Gasteiger partial charge in [-0.05, 0) is 37.0 Å². The molecule has 3 heteroatoms. The lowest BCUT2D eigenvalue weighted by atomic mass is 10.1. The predicted octanol–water partition coefficient (Wildman–Crippen LogP) is 2.52. The monoisotopic (exact) mass is 232 g/mol. The summed E-state index contributed by atoms with van der Waals surface area (Å²) in [6.07, 6.45) is 3.91. The molecule has 1 unspecified atom stereocenters. The van der Waals surface area contributed by atoms with E-state index in [-0.39, 0.29) is 0 Å². The predicted molar refractivity (Wildman–Crippen MR) is 68.8 cm³/mol. The highest BCUT2D eigenvalue weighted by Crippen LogP contribution is 2.12. The summed E-state index contributed by atoms with van der Waals surface area (Å²) in [4.78, 5) is 5.79. The van der Waals surface area contributed by atoms with Crippen molar-refractivity contribution in [2.75, 3.05) is 7.05 Å². The van der Waals surface area contributed by atoms with Gasteiger partial charge in [0.25, 0.3) is 0 Å². The number of likely N-dealkylation sites (N-methyl/N-ethyl adjacent to an activating group) is 1. The second kappa shape index (κ2) is 5.77. The molecule has 0 saturated heterocycles. The molecule has 2 aromatic heterocycles. The summed E-state index contributed by atoms with van der Waals surface area (Å²) in [5, 5.41) is 5.48. The van der Waals surface area contributed by atoms with E-state index in [0.29, 0.717) is 6.04 Å². The molecule has 2 heterocycles. The van der Waals surface area contributed by atoms with Crippen molar-refractivity contribution in [1.82, 2.24) is 10.3 Å². The average molecular weight is 232 g/mol. The highest BCUT2D eigenvalue weighted by atomic mass is 32.1. The summed E-state index contributed by atoms with van der Waals surface area (Å²) >= 11 is 1.82. The largest absolute Gasteiger partial charge is 0.316 e. The zero-order valence-electron chi connectivity index (χ0n) is 9.39. The van der Waals surface area contributed by atoms with Crippen LogP contribution >= 0.6 is 11.3 Å². The van der Waals surface area contributed by atoms with E-state index < -0.39 is 0 Å². The molecule has 0 saturated carbocycles. The molecule has 0 aromatic carbocycles. The molecule has 2 rings (SSSR count). The third-order valence-electron chi connectivity index (χ3n) is 2.62. The number of nitrogens with zero attached hydrogens (tertiary/aromatic N) is 1. The molecule has 0 amide bonds. The van der Waals surface area contributed by atoms with Crippen LogP contribution in [0.5, 0.6) is 0 Å². The maximum Gasteiger partial charge on any atom is 0.0419 e. The van der Waals surface area contributed by atoms with Crippen molar-refractivity contribution >= 4 is 11.3 Å². The molecule has 16 heavy (non-hydrogen) atoms. The Bertz CT molecular complexity index is 397. The van der Waals surface area contributed by atoms with Gasteiger partial charge in [0, 0.05) is 29.2 Å². The topological polar surface area (TPSA) is 24.9 Å². The molecule has 0 aliphatic rings. The fourth-order valence-corrected chi connectivity index (χ4v) is 2.51. The number of nitrogens with one attached hydrogen (secondary N) is 1. The van der Waals surface area contributed by atoms with Crippen LogP contribution in [-0.4, -0.2) is 18.1 Å². The van der Waals surface area contributed by atoms with Gasteiger partial charge in [-0.15, -0.1) is 11.3 Å². The van der Waals surface area contributed by atoms with Gasteiger partial charge in [0.1, 0.15) is 0 Å². The number of rotatable bonds is 5. The van der Waals surface area contributed by atoms with Crippen LogP contribution in [0.25, 0.3) is 0 Å². The maximum atomic E-state index is 4.36. The minimum absolute atomic E-state index is 0.466. The number of hydrogen-bond donors (Lipinski definition) is 1. The smallest absolute Gasteiger partial charge is 0.0419 e. The molecule has 0 aliphatic carbocycles. The summed E-state index contributed by atoms with van der Waals surface area (Å²) in [6, 6.07) is 10.8. The van der Waals surface area contributed by atoms with Gasteiger partial charge in [-0.3, -0.25) is 4.98 Å². The van der Waals surface area contributed by atoms with Gasteiger partial charge in [-0.25, -0.2) is 0 Å². The summed E-state index contributed by atoms with van der Waals surface area (Å²) < 4.78 is 0. The van der Waals surface area contributed by atoms with Gasteiger partial charge in [-0.1, -0.05) is 12.1 Å². The minimum Gasteiger partial charge on any atom is -0.316 e. The molecular weight excluding hydrogens is 216 g/mol. The van der Waals surface area contributed by atoms with Crippen LogP contribution < -0.4 is 5.32 Å². The zero-order chi connectivity index (χ0) is 11.2. The molecule has 0 spiro atoms. The lowest BCUT2D eigenvalue weighted by Crippen LogP contribution is -2.29. The molecule has 1 atom stereocenters. The Hall–Kier alpha value is -1.19. The van der Waals surface area contributed by atoms with E-state index in [9.17, 15) is 0 Å². The molecule has 2 nitrogen and oxygen atoms in total. The van der Waals surface area contributed by atoms with E-state index >= 15 is 0 Å². The molecule has 0 bridgehead atoms. The van der Waals surface area contributed by atoms with Crippen LogP contribution in [0.1, 0.15) is 10.6 Å². The van der Waals surface area contributed by atoms with Crippen molar-refractivity contribution in [2.45, 2.75) is 18.9 Å². The fraction of sp³-hybridized carbons (Fsp3) is 0.308. The minimum atomic E-state index is 0.466. The fourth-order valence-electron chi connectivity index (χ4n) is 1.72. The van der Waals surface area contributed by atoms with Crippen LogP contribution in [0.2, 0.25) is 0 Å². The Morgan fingerprint density at radius 3 is 2.81 bits per heavy atom. The van der Waals surface area contributed by atoms with Gasteiger partial charge in [-0.2, -0.15) is 0 Å². The van der Waals surface area contributed by atoms with Crippen LogP contribution in [-0.2, 0) is 12.8 Å². The quantitative estimate of drug-likeness (QED) is 0.857. The number of aromatic nitrogens is 1. The molecule has 0 fully saturated rings. The first-order chi connectivity index (χ1) is 7.88. The van der Waals surface area contributed by atoms with Crippen molar-refractivity contribution in [1.29, 1.82) is 0 Å². The first kappa shape index (κ1) is 11.3. The highest BCUT2D eigenvalue weighted by molar-refractivity contribution is 7.09. The van der Waals surface area contributed by atoms with E-state index in [0.717, 1.165) is 18.5 Å². The lowest BCUT2D eigenvalue weighted by Gasteiger charge is -2.14. The maximum absolute atomic E-state index is 4.36. The zero-order valence-corrected chi connectivity index (χ0v) is 10.2. The Morgan fingerprint density at radius 2 is 2.19 bits per heavy atom. The Labute approximate surface area is 100 Å². The SMILES string of the molecule is CNC(Cc1ccccn1)Cc1cccs1. The normalized spacial score (nSPS) is 12.6. The van der Waals surface area contributed by atoms with Crippen molar-refractivity contribution in [3.63, 3.8) is 0 Å². The van der Waals surface area contributed by atoms with Crippen LogP contribution in [0.15, 0.2) is 41.9 Å². The first-order valence-electron chi connectivity index (χ1n) is 5.48. The standard InChI is InChI=1S/C13H16N2S/c1-14-12(10-13-6-4-8-16-13)9-11-5-2-3-7-15-11/h2-8,12,14H,9-10H2,1H3. The van der Waals surface area contributed by atoms with Crippen LogP contribution in [0.3, 0.4) is 0 Å². The van der Waals surface area contributed by atoms with Crippen LogP contribution in [0, 0.1) is 0 Å².